The van der Waals surface area contributed by atoms with Gasteiger partial charge in [-0.15, -0.1) is 0 Å². The first-order chi connectivity index (χ1) is 12.5. The normalized spacial score (nSPS) is 12.7. The van der Waals surface area contributed by atoms with Crippen molar-refractivity contribution in [1.29, 1.82) is 0 Å². The van der Waals surface area contributed by atoms with Gasteiger partial charge < -0.3 is 4.74 Å². The lowest BCUT2D eigenvalue weighted by Gasteiger charge is -2.14. The lowest BCUT2D eigenvalue weighted by molar-refractivity contribution is -0.127. The van der Waals surface area contributed by atoms with Crippen molar-refractivity contribution in [1.82, 2.24) is 5.43 Å². The van der Waals surface area contributed by atoms with E-state index >= 15 is 0 Å². The molecule has 3 rings (SSSR count). The molecule has 0 aliphatic carbocycles. The number of aryl methyl sites for hydroxylation is 1. The zero-order valence-corrected chi connectivity index (χ0v) is 15.2. The van der Waals surface area contributed by atoms with Crippen molar-refractivity contribution >= 4 is 22.4 Å². The molecule has 0 unspecified atom stereocenters. The molecule has 0 aliphatic rings. The number of rotatable bonds is 5. The minimum Gasteiger partial charge on any atom is -0.481 e. The zero-order chi connectivity index (χ0) is 18.5. The topological polar surface area (TPSA) is 50.7 Å². The molecule has 1 N–H and O–H groups in total. The Bertz CT molecular complexity index is 946. The largest absolute Gasteiger partial charge is 0.481 e. The van der Waals surface area contributed by atoms with Crippen LogP contribution in [0.5, 0.6) is 5.75 Å². The van der Waals surface area contributed by atoms with Crippen molar-refractivity contribution < 1.29 is 9.53 Å². The molecule has 132 valence electrons. The van der Waals surface area contributed by atoms with Crippen LogP contribution in [-0.2, 0) is 4.79 Å². The number of hydrogen-bond donors (Lipinski definition) is 1. The molecule has 0 bridgehead atoms. The lowest BCUT2D eigenvalue weighted by atomic mass is 10.1. The first-order valence-electron chi connectivity index (χ1n) is 8.59. The van der Waals surface area contributed by atoms with Crippen LogP contribution in [0, 0.1) is 6.92 Å². The van der Waals surface area contributed by atoms with E-state index in [4.69, 9.17) is 4.74 Å². The summed E-state index contributed by atoms with van der Waals surface area (Å²) in [5, 5.41) is 6.38. The van der Waals surface area contributed by atoms with E-state index in [1.165, 1.54) is 5.56 Å². The average Bonchev–Trinajstić information content (AvgIpc) is 2.66. The van der Waals surface area contributed by atoms with Crippen LogP contribution >= 0.6 is 0 Å². The monoisotopic (exact) mass is 346 g/mol. The van der Waals surface area contributed by atoms with Gasteiger partial charge in [0.15, 0.2) is 6.10 Å². The zero-order valence-electron chi connectivity index (χ0n) is 15.2. The summed E-state index contributed by atoms with van der Waals surface area (Å²) < 4.78 is 5.76. The molecule has 0 heterocycles. The Morgan fingerprint density at radius 1 is 1.00 bits per heavy atom. The summed E-state index contributed by atoms with van der Waals surface area (Å²) in [7, 11) is 0. The Labute approximate surface area is 153 Å². The molecule has 26 heavy (non-hydrogen) atoms. The molecule has 3 aromatic rings. The third kappa shape index (κ3) is 4.28. The SMILES string of the molecule is C/C(=N\NC(=O)[C@H](C)Oc1ccc2ccccc2c1)c1ccc(C)cc1. The maximum absolute atomic E-state index is 12.3. The number of benzene rings is 3. The van der Waals surface area contributed by atoms with Crippen molar-refractivity contribution in [3.8, 4) is 5.75 Å². The Hall–Kier alpha value is -3.14. The highest BCUT2D eigenvalue weighted by Crippen LogP contribution is 2.21. The average molecular weight is 346 g/mol. The van der Waals surface area contributed by atoms with Crippen molar-refractivity contribution in [3.05, 3.63) is 77.9 Å². The molecule has 1 atom stereocenters. The van der Waals surface area contributed by atoms with E-state index in [1.807, 2.05) is 80.6 Å². The van der Waals surface area contributed by atoms with Crippen LogP contribution in [0.1, 0.15) is 25.0 Å². The number of fused-ring (bicyclic) bond motifs is 1. The number of carbonyl (C=O) groups excluding carboxylic acids is 1. The fourth-order valence-electron chi connectivity index (χ4n) is 2.59. The summed E-state index contributed by atoms with van der Waals surface area (Å²) in [4.78, 5) is 12.3. The van der Waals surface area contributed by atoms with Crippen molar-refractivity contribution in [2.75, 3.05) is 0 Å². The van der Waals surface area contributed by atoms with Crippen molar-refractivity contribution in [2.24, 2.45) is 5.10 Å². The van der Waals surface area contributed by atoms with E-state index in [1.54, 1.807) is 6.92 Å². The van der Waals surface area contributed by atoms with Crippen LogP contribution in [0.2, 0.25) is 0 Å². The summed E-state index contributed by atoms with van der Waals surface area (Å²) in [6, 6.07) is 21.8. The molecule has 3 aromatic carbocycles. The van der Waals surface area contributed by atoms with Crippen LogP contribution in [-0.4, -0.2) is 17.7 Å². The van der Waals surface area contributed by atoms with E-state index in [0.717, 1.165) is 22.0 Å². The second-order valence-electron chi connectivity index (χ2n) is 6.31. The predicted octanol–water partition coefficient (Wildman–Crippen LogP) is 4.46. The Kier molecular flexibility index (Phi) is 5.32. The number of ether oxygens (including phenoxy) is 1. The first kappa shape index (κ1) is 17.7. The van der Waals surface area contributed by atoms with Crippen LogP contribution in [0.3, 0.4) is 0 Å². The van der Waals surface area contributed by atoms with Crippen molar-refractivity contribution in [2.45, 2.75) is 26.9 Å². The van der Waals surface area contributed by atoms with Crippen molar-refractivity contribution in [3.63, 3.8) is 0 Å². The standard InChI is InChI=1S/C22H22N2O2/c1-15-8-10-18(11-9-15)16(2)23-24-22(25)17(3)26-21-13-12-19-6-4-5-7-20(19)14-21/h4-14,17H,1-3H3,(H,24,25)/b23-16+/t17-/m0/s1. The van der Waals surface area contributed by atoms with Crippen LogP contribution in [0.4, 0.5) is 0 Å². The van der Waals surface area contributed by atoms with Gasteiger partial charge in [0.25, 0.3) is 5.91 Å². The Balaban J connectivity index is 1.63. The highest BCUT2D eigenvalue weighted by molar-refractivity contribution is 5.99. The summed E-state index contributed by atoms with van der Waals surface area (Å²) >= 11 is 0. The van der Waals surface area contributed by atoms with E-state index in [-0.39, 0.29) is 5.91 Å². The second kappa shape index (κ2) is 7.83. The summed E-state index contributed by atoms with van der Waals surface area (Å²) in [5.74, 6) is 0.371. The molecule has 4 heteroatoms. The smallest absolute Gasteiger partial charge is 0.280 e. The molecule has 0 saturated carbocycles. The van der Waals surface area contributed by atoms with E-state index in [9.17, 15) is 4.79 Å². The molecule has 0 aliphatic heterocycles. The molecule has 0 saturated heterocycles. The maximum atomic E-state index is 12.3. The molecule has 0 spiro atoms. The van der Waals surface area contributed by atoms with Crippen LogP contribution < -0.4 is 10.2 Å². The number of hydrazone groups is 1. The molecular formula is C22H22N2O2. The van der Waals surface area contributed by atoms with E-state index < -0.39 is 6.10 Å². The summed E-state index contributed by atoms with van der Waals surface area (Å²) in [6.45, 7) is 5.60. The van der Waals surface area contributed by atoms with Gasteiger partial charge in [-0.25, -0.2) is 5.43 Å². The number of carbonyl (C=O) groups is 1. The quantitative estimate of drug-likeness (QED) is 0.548. The second-order valence-corrected chi connectivity index (χ2v) is 6.31. The van der Waals surface area contributed by atoms with Gasteiger partial charge in [-0.3, -0.25) is 4.79 Å². The lowest BCUT2D eigenvalue weighted by Crippen LogP contribution is -2.33. The number of hydrogen-bond acceptors (Lipinski definition) is 3. The Morgan fingerprint density at radius 2 is 1.69 bits per heavy atom. The maximum Gasteiger partial charge on any atom is 0.280 e. The fourth-order valence-corrected chi connectivity index (χ4v) is 2.59. The number of nitrogens with zero attached hydrogens (tertiary/aromatic N) is 1. The Morgan fingerprint density at radius 3 is 2.42 bits per heavy atom. The third-order valence-electron chi connectivity index (χ3n) is 4.21. The molecule has 4 nitrogen and oxygen atoms in total. The minimum atomic E-state index is -0.647. The third-order valence-corrected chi connectivity index (χ3v) is 4.21. The first-order valence-corrected chi connectivity index (χ1v) is 8.59. The molecule has 0 fully saturated rings. The highest BCUT2D eigenvalue weighted by Gasteiger charge is 2.14. The van der Waals surface area contributed by atoms with Gasteiger partial charge in [0.05, 0.1) is 5.71 Å². The molecular weight excluding hydrogens is 324 g/mol. The van der Waals surface area contributed by atoms with E-state index in [2.05, 4.69) is 10.5 Å². The van der Waals surface area contributed by atoms with Gasteiger partial charge in [0, 0.05) is 0 Å². The number of nitrogens with one attached hydrogen (secondary N) is 1. The van der Waals surface area contributed by atoms with Crippen LogP contribution in [0.15, 0.2) is 71.8 Å². The minimum absolute atomic E-state index is 0.287. The molecule has 0 radical (unpaired) electrons. The van der Waals surface area contributed by atoms with Gasteiger partial charge in [-0.1, -0.05) is 60.2 Å². The van der Waals surface area contributed by atoms with Gasteiger partial charge >= 0.3 is 0 Å². The van der Waals surface area contributed by atoms with E-state index in [0.29, 0.717) is 5.75 Å². The van der Waals surface area contributed by atoms with Gasteiger partial charge in [0.1, 0.15) is 5.75 Å². The van der Waals surface area contributed by atoms with Gasteiger partial charge in [-0.2, -0.15) is 5.10 Å². The highest BCUT2D eigenvalue weighted by atomic mass is 16.5. The summed E-state index contributed by atoms with van der Waals surface area (Å²) in [6.07, 6.45) is -0.647. The van der Waals surface area contributed by atoms with Crippen LogP contribution in [0.25, 0.3) is 10.8 Å². The molecule has 0 aromatic heterocycles. The fraction of sp³-hybridized carbons (Fsp3) is 0.182. The van der Waals surface area contributed by atoms with Gasteiger partial charge in [0.2, 0.25) is 0 Å². The summed E-state index contributed by atoms with van der Waals surface area (Å²) in [5.41, 5.74) is 5.48. The predicted molar refractivity (Wildman–Crippen MR) is 106 cm³/mol. The number of amides is 1. The van der Waals surface area contributed by atoms with Gasteiger partial charge in [-0.05, 0) is 49.2 Å². The molecule has 1 amide bonds.